The van der Waals surface area contributed by atoms with Crippen LogP contribution in [0.25, 0.3) is 0 Å². The first-order chi connectivity index (χ1) is 9.27. The molecule has 1 rings (SSSR count). The minimum atomic E-state index is 0.205. The Morgan fingerprint density at radius 3 is 2.53 bits per heavy atom. The molecule has 1 aromatic carbocycles. The fraction of sp³-hybridized carbons (Fsp3) is 0.588. The van der Waals surface area contributed by atoms with Gasteiger partial charge in [0.25, 0.3) is 0 Å². The number of benzene rings is 1. The first-order valence-corrected chi connectivity index (χ1v) is 7.59. The van der Waals surface area contributed by atoms with Crippen LogP contribution in [0.1, 0.15) is 51.5 Å². The molecule has 2 nitrogen and oxygen atoms in total. The number of amides is 1. The van der Waals surface area contributed by atoms with Gasteiger partial charge in [-0.1, -0.05) is 57.0 Å². The molecule has 1 aromatic rings. The molecule has 1 N–H and O–H groups in total. The molecule has 0 aromatic heterocycles. The van der Waals surface area contributed by atoms with Crippen molar-refractivity contribution in [1.82, 2.24) is 5.32 Å². The SMILES string of the molecule is CCCCC(CC)C(=O)NCCCc1ccccc1. The van der Waals surface area contributed by atoms with Crippen LogP contribution < -0.4 is 5.32 Å². The highest BCUT2D eigenvalue weighted by Crippen LogP contribution is 2.12. The van der Waals surface area contributed by atoms with Gasteiger partial charge in [-0.3, -0.25) is 4.79 Å². The molecule has 2 heteroatoms. The second-order valence-electron chi connectivity index (χ2n) is 5.13. The molecule has 0 aliphatic rings. The number of unbranched alkanes of at least 4 members (excludes halogenated alkanes) is 1. The van der Waals surface area contributed by atoms with Crippen LogP contribution in [-0.4, -0.2) is 12.5 Å². The second-order valence-corrected chi connectivity index (χ2v) is 5.13. The quantitative estimate of drug-likeness (QED) is 0.670. The minimum Gasteiger partial charge on any atom is -0.356 e. The van der Waals surface area contributed by atoms with Crippen LogP contribution in [0.5, 0.6) is 0 Å². The number of rotatable bonds is 9. The summed E-state index contributed by atoms with van der Waals surface area (Å²) in [6.45, 7) is 5.06. The number of hydrogen-bond acceptors (Lipinski definition) is 1. The topological polar surface area (TPSA) is 29.1 Å². The molecule has 0 radical (unpaired) electrons. The Bertz CT molecular complexity index is 348. The Kier molecular flexibility index (Phi) is 7.95. The van der Waals surface area contributed by atoms with Gasteiger partial charge in [-0.15, -0.1) is 0 Å². The van der Waals surface area contributed by atoms with Gasteiger partial charge in [-0.2, -0.15) is 0 Å². The molecule has 0 aliphatic carbocycles. The molecule has 0 bridgehead atoms. The van der Waals surface area contributed by atoms with Crippen LogP contribution in [-0.2, 0) is 11.2 Å². The molecule has 0 fully saturated rings. The zero-order valence-electron chi connectivity index (χ0n) is 12.3. The van der Waals surface area contributed by atoms with E-state index in [0.717, 1.165) is 45.1 Å². The van der Waals surface area contributed by atoms with Crippen molar-refractivity contribution in [1.29, 1.82) is 0 Å². The lowest BCUT2D eigenvalue weighted by atomic mass is 9.98. The Labute approximate surface area is 117 Å². The summed E-state index contributed by atoms with van der Waals surface area (Å²) in [6, 6.07) is 10.4. The zero-order valence-corrected chi connectivity index (χ0v) is 12.3. The van der Waals surface area contributed by atoms with Crippen molar-refractivity contribution in [2.24, 2.45) is 5.92 Å². The first-order valence-electron chi connectivity index (χ1n) is 7.59. The molecular weight excluding hydrogens is 234 g/mol. The van der Waals surface area contributed by atoms with E-state index in [4.69, 9.17) is 0 Å². The normalized spacial score (nSPS) is 12.1. The maximum absolute atomic E-state index is 12.0. The van der Waals surface area contributed by atoms with Crippen molar-refractivity contribution >= 4 is 5.91 Å². The van der Waals surface area contributed by atoms with E-state index < -0.39 is 0 Å². The number of aryl methyl sites for hydroxylation is 1. The molecule has 0 saturated carbocycles. The van der Waals surface area contributed by atoms with Gasteiger partial charge in [0, 0.05) is 12.5 Å². The predicted octanol–water partition coefficient (Wildman–Crippen LogP) is 3.95. The third kappa shape index (κ3) is 6.42. The Hall–Kier alpha value is -1.31. The van der Waals surface area contributed by atoms with E-state index in [1.54, 1.807) is 0 Å². The summed E-state index contributed by atoms with van der Waals surface area (Å²) in [7, 11) is 0. The maximum atomic E-state index is 12.0. The maximum Gasteiger partial charge on any atom is 0.223 e. The fourth-order valence-electron chi connectivity index (χ4n) is 2.26. The van der Waals surface area contributed by atoms with E-state index in [1.807, 2.05) is 6.07 Å². The Morgan fingerprint density at radius 1 is 1.16 bits per heavy atom. The van der Waals surface area contributed by atoms with Gasteiger partial charge >= 0.3 is 0 Å². The van der Waals surface area contributed by atoms with Crippen molar-refractivity contribution in [3.8, 4) is 0 Å². The summed E-state index contributed by atoms with van der Waals surface area (Å²) >= 11 is 0. The van der Waals surface area contributed by atoms with Crippen LogP contribution in [0.4, 0.5) is 0 Å². The van der Waals surface area contributed by atoms with Crippen LogP contribution in [0.15, 0.2) is 30.3 Å². The van der Waals surface area contributed by atoms with Gasteiger partial charge in [0.05, 0.1) is 0 Å². The fourth-order valence-corrected chi connectivity index (χ4v) is 2.26. The van der Waals surface area contributed by atoms with Crippen molar-refractivity contribution in [3.05, 3.63) is 35.9 Å². The molecule has 19 heavy (non-hydrogen) atoms. The largest absolute Gasteiger partial charge is 0.356 e. The number of hydrogen-bond donors (Lipinski definition) is 1. The monoisotopic (exact) mass is 261 g/mol. The third-order valence-electron chi connectivity index (χ3n) is 3.55. The lowest BCUT2D eigenvalue weighted by Crippen LogP contribution is -2.31. The average Bonchev–Trinajstić information content (AvgIpc) is 2.45. The summed E-state index contributed by atoms with van der Waals surface area (Å²) < 4.78 is 0. The molecule has 0 aliphatic heterocycles. The molecule has 0 saturated heterocycles. The molecule has 0 heterocycles. The average molecular weight is 261 g/mol. The molecule has 1 amide bonds. The first kappa shape index (κ1) is 15.7. The summed E-state index contributed by atoms with van der Waals surface area (Å²) in [5, 5.41) is 3.07. The molecule has 1 atom stereocenters. The van der Waals surface area contributed by atoms with Crippen LogP contribution in [0.3, 0.4) is 0 Å². The Balaban J connectivity index is 2.19. The highest BCUT2D eigenvalue weighted by Gasteiger charge is 2.14. The molecular formula is C17H27NO. The smallest absolute Gasteiger partial charge is 0.223 e. The van der Waals surface area contributed by atoms with E-state index in [1.165, 1.54) is 5.56 Å². The third-order valence-corrected chi connectivity index (χ3v) is 3.55. The summed E-state index contributed by atoms with van der Waals surface area (Å²) in [5.41, 5.74) is 1.34. The van der Waals surface area contributed by atoms with Crippen molar-refractivity contribution in [2.45, 2.75) is 52.4 Å². The summed E-state index contributed by atoms with van der Waals surface area (Å²) in [5.74, 6) is 0.445. The van der Waals surface area contributed by atoms with Crippen LogP contribution in [0, 0.1) is 5.92 Å². The standard InChI is InChI=1S/C17H27NO/c1-3-5-13-16(4-2)17(19)18-14-9-12-15-10-7-6-8-11-15/h6-8,10-11,16H,3-5,9,12-14H2,1-2H3,(H,18,19). The number of nitrogens with one attached hydrogen (secondary N) is 1. The van der Waals surface area contributed by atoms with Gasteiger partial charge in [-0.05, 0) is 31.2 Å². The van der Waals surface area contributed by atoms with Crippen LogP contribution >= 0.6 is 0 Å². The van der Waals surface area contributed by atoms with E-state index in [9.17, 15) is 4.79 Å². The Morgan fingerprint density at radius 2 is 1.89 bits per heavy atom. The van der Waals surface area contributed by atoms with E-state index in [-0.39, 0.29) is 11.8 Å². The van der Waals surface area contributed by atoms with E-state index in [0.29, 0.717) is 0 Å². The number of carbonyl (C=O) groups excluding carboxylic acids is 1. The molecule has 1 unspecified atom stereocenters. The zero-order chi connectivity index (χ0) is 13.9. The highest BCUT2D eigenvalue weighted by atomic mass is 16.1. The van der Waals surface area contributed by atoms with Gasteiger partial charge in [0.2, 0.25) is 5.91 Å². The predicted molar refractivity (Wildman–Crippen MR) is 81.1 cm³/mol. The number of carbonyl (C=O) groups is 1. The molecule has 106 valence electrons. The van der Waals surface area contributed by atoms with E-state index in [2.05, 4.69) is 43.4 Å². The lowest BCUT2D eigenvalue weighted by molar-refractivity contribution is -0.125. The highest BCUT2D eigenvalue weighted by molar-refractivity contribution is 5.78. The summed E-state index contributed by atoms with van der Waals surface area (Å²) in [4.78, 5) is 12.0. The summed E-state index contributed by atoms with van der Waals surface area (Å²) in [6.07, 6.45) is 6.34. The molecule has 0 spiro atoms. The van der Waals surface area contributed by atoms with Gasteiger partial charge in [-0.25, -0.2) is 0 Å². The van der Waals surface area contributed by atoms with Crippen molar-refractivity contribution < 1.29 is 4.79 Å². The van der Waals surface area contributed by atoms with Crippen molar-refractivity contribution in [2.75, 3.05) is 6.54 Å². The van der Waals surface area contributed by atoms with Gasteiger partial charge in [0.15, 0.2) is 0 Å². The van der Waals surface area contributed by atoms with Crippen molar-refractivity contribution in [3.63, 3.8) is 0 Å². The van der Waals surface area contributed by atoms with Gasteiger partial charge < -0.3 is 5.32 Å². The minimum absolute atomic E-state index is 0.205. The lowest BCUT2D eigenvalue weighted by Gasteiger charge is -2.14. The second kappa shape index (κ2) is 9.60. The van der Waals surface area contributed by atoms with E-state index >= 15 is 0 Å². The van der Waals surface area contributed by atoms with Crippen LogP contribution in [0.2, 0.25) is 0 Å². The van der Waals surface area contributed by atoms with Gasteiger partial charge in [0.1, 0.15) is 0 Å².